The largest absolute Gasteiger partial charge is 0.478 e. The number of hydrogen-bond donors (Lipinski definition) is 12. The maximum Gasteiger partial charge on any atom is 0.338 e. The third-order valence-electron chi connectivity index (χ3n) is 26.8. The van der Waals surface area contributed by atoms with Crippen LogP contribution in [-0.2, 0) is 85.2 Å². The SMILES string of the molecule is CCCNS(=O)(=O)N1CC[C@H](O)[C@@H](O)C1.CCCc1nc(C(=O)N2CCC3(CC2)[C@H](O)C[C@@H]3OCC)cs1.CC[C@H]1CN(CC(c2ccccc2)c2ccccc2)C[C@H]1CN(C)C.C[C@@H](O)[C@H](N)C(=O)N1CCc2[nH]nc(-c3ccc(-c4ccccc4)cc3)c2C1.O=C(NC1CCCC1)c1cccc(S(=O)(=O)NCCCn2cccn2)c1.O=C(O)c1c(S(=O)(=O)NCCn2cccc2)sc2c1CCNC2. The van der Waals surface area contributed by atoms with Crippen molar-refractivity contribution in [3.63, 3.8) is 0 Å². The van der Waals surface area contributed by atoms with Crippen LogP contribution in [0.2, 0.25) is 0 Å². The van der Waals surface area contributed by atoms with Gasteiger partial charge in [-0.15, -0.1) is 22.7 Å². The standard InChI is InChI=1S/C23H32N2.C22H24N4O2.C18H24N4O3S.C17H26N2O3S.C14H17N3O4S2.C8H18N2O4S/c1-4-19-16-25(17-22(19)15-24(2)3)18-23(20-11-7-5-8-12-20)21-13-9-6-10-14-21;1-14(27)20(23)22(28)26-12-11-19-18(13-26)21(25-24-19)17-9-7-16(8-10-17)15-5-3-2-4-6-15;23-18(21-16-7-1-2-8-16)15-6-3-9-17(14-15)26(24,25)20-11-5-13-22-12-4-10-19-22;1-3-5-15-18-12(11-23-15)16(21)19-8-6-17(7-9-19)13(20)10-14(17)22-4-2;18-13(19)12-10-3-4-15-9-11(10)22-14(12)23(20,21)16-5-8-17-6-1-2-7-17;1-2-4-9-15(13,14)10-5-3-7(11)8(12)6-10/h5-14,19,22-23H,4,15-18H2,1-3H3;2-10,14,20,27H,11-13,23H2,1H3,(H,24,25);3-4,6,9-10,12,14,16,20H,1-2,5,7-8,11,13H2,(H,21,23);11,13-14,20H,3-10H2,1-2H3;1-2,6-7,15-16H,3-5,8-9H2,(H,18,19);7-9,11-12H,2-6H2,1H3/t19-,22+;14-,20+;;13-,14+;;7-,8-/m01.1.0/s1. The average molecular weight is 2020 g/mol. The van der Waals surface area contributed by atoms with Crippen LogP contribution in [0.1, 0.15) is 187 Å². The number of piperidine rings is 2. The van der Waals surface area contributed by atoms with E-state index in [1.807, 2.05) is 83.7 Å². The molecule has 140 heavy (non-hydrogen) atoms. The van der Waals surface area contributed by atoms with E-state index in [-0.39, 0.29) is 82.1 Å². The number of thiazole rings is 1. The molecule has 17 rings (SSSR count). The molecule has 2 saturated carbocycles. The fourth-order valence-electron chi connectivity index (χ4n) is 18.9. The number of likely N-dealkylation sites (tertiary alicyclic amines) is 2. The van der Waals surface area contributed by atoms with E-state index in [0.717, 1.165) is 132 Å². The van der Waals surface area contributed by atoms with Crippen LogP contribution in [-0.4, -0.2) is 276 Å². The molecule has 13 N–H and O–H groups in total. The second kappa shape index (κ2) is 52.6. The average Bonchev–Trinajstić information content (AvgIpc) is 0.939. The lowest BCUT2D eigenvalue weighted by molar-refractivity contribution is -0.207. The first kappa shape index (κ1) is 109. The number of nitrogens with zero attached hydrogens (tertiary/aromatic N) is 10. The number of aliphatic hydroxyl groups excluding tert-OH is 4. The number of thiophene rings is 1. The van der Waals surface area contributed by atoms with E-state index in [9.17, 15) is 70.0 Å². The van der Waals surface area contributed by atoms with Crippen LogP contribution in [0.4, 0.5) is 0 Å². The Bertz CT molecular complexity index is 5840. The predicted molar refractivity (Wildman–Crippen MR) is 545 cm³/mol. The number of carbonyl (C=O) groups is 4. The molecule has 3 amide bonds. The van der Waals surface area contributed by atoms with Crippen molar-refractivity contribution in [1.29, 1.82) is 0 Å². The Kier molecular flexibility index (Phi) is 41.0. The number of benzene rings is 5. The molecule has 10 heterocycles. The van der Waals surface area contributed by atoms with Crippen molar-refractivity contribution in [1.82, 2.24) is 78.2 Å². The zero-order valence-electron chi connectivity index (χ0n) is 81.3. The first-order chi connectivity index (χ1) is 67.3. The number of carboxylic acids is 1. The minimum atomic E-state index is -3.84. The van der Waals surface area contributed by atoms with Crippen LogP contribution in [0.15, 0.2) is 197 Å². The van der Waals surface area contributed by atoms with Crippen molar-refractivity contribution in [3.8, 4) is 22.4 Å². The Balaban J connectivity index is 0.000000152. The highest BCUT2D eigenvalue weighted by Gasteiger charge is 2.56. The Morgan fingerprint density at radius 2 is 1.36 bits per heavy atom. The fourth-order valence-corrected chi connectivity index (χ4v) is 25.2. The molecule has 5 fully saturated rings. The van der Waals surface area contributed by atoms with Crippen molar-refractivity contribution in [3.05, 3.63) is 243 Å². The van der Waals surface area contributed by atoms with Crippen LogP contribution < -0.4 is 30.5 Å². The number of H-pyrrole nitrogens is 1. The molecule has 0 radical (unpaired) electrons. The van der Waals surface area contributed by atoms with Gasteiger partial charge in [-0.3, -0.25) is 24.2 Å². The Hall–Kier alpha value is -9.66. The molecular formula is C102H141N17O16S5. The van der Waals surface area contributed by atoms with Gasteiger partial charge in [0.2, 0.25) is 15.9 Å². The lowest BCUT2D eigenvalue weighted by Crippen LogP contribution is -2.62. The monoisotopic (exact) mass is 2020 g/mol. The second-order valence-corrected chi connectivity index (χ2v) is 44.6. The van der Waals surface area contributed by atoms with Crippen molar-refractivity contribution < 1.29 is 74.7 Å². The van der Waals surface area contributed by atoms with Crippen molar-refractivity contribution in [2.75, 3.05) is 106 Å². The molecule has 33 nitrogen and oxygen atoms in total. The number of carboxylic acid groups (broad SMARTS) is 1. The highest BCUT2D eigenvalue weighted by Crippen LogP contribution is 2.51. The van der Waals surface area contributed by atoms with Gasteiger partial charge >= 0.3 is 5.97 Å². The van der Waals surface area contributed by atoms with E-state index < -0.39 is 60.6 Å². The van der Waals surface area contributed by atoms with Crippen LogP contribution in [0, 0.1) is 17.3 Å². The summed E-state index contributed by atoms with van der Waals surface area (Å²) in [5, 5.41) is 68.6. The van der Waals surface area contributed by atoms with Gasteiger partial charge in [0, 0.05) is 199 Å². The molecule has 3 saturated heterocycles. The summed E-state index contributed by atoms with van der Waals surface area (Å²) in [6.45, 7) is 21.1. The van der Waals surface area contributed by atoms with E-state index in [0.29, 0.717) is 114 Å². The van der Waals surface area contributed by atoms with Gasteiger partial charge in [-0.25, -0.2) is 40.8 Å². The van der Waals surface area contributed by atoms with E-state index in [1.54, 1.807) is 39.2 Å². The number of aromatic nitrogens is 6. The lowest BCUT2D eigenvalue weighted by atomic mass is 9.58. The van der Waals surface area contributed by atoms with Gasteiger partial charge in [0.05, 0.1) is 51.7 Å². The molecule has 10 aromatic rings. The van der Waals surface area contributed by atoms with Crippen molar-refractivity contribution in [2.24, 2.45) is 23.0 Å². The summed E-state index contributed by atoms with van der Waals surface area (Å²) in [6.07, 6.45) is 17.1. The highest BCUT2D eigenvalue weighted by molar-refractivity contribution is 7.91. The third kappa shape index (κ3) is 29.8. The highest BCUT2D eigenvalue weighted by atomic mass is 32.2. The number of nitrogens with one attached hydrogen (secondary N) is 6. The molecule has 8 atom stereocenters. The van der Waals surface area contributed by atoms with Gasteiger partial charge in [0.25, 0.3) is 32.0 Å². The van der Waals surface area contributed by atoms with E-state index in [1.165, 1.54) is 66.1 Å². The number of aryl methyl sites for hydroxylation is 2. The topological polar surface area (TPSA) is 448 Å². The zero-order valence-corrected chi connectivity index (χ0v) is 85.4. The Morgan fingerprint density at radius 1 is 0.693 bits per heavy atom. The first-order valence-corrected chi connectivity index (χ1v) is 55.0. The summed E-state index contributed by atoms with van der Waals surface area (Å²) in [7, 11) is -6.57. The number of hydrogen-bond acceptors (Lipinski definition) is 24. The molecular weight excluding hydrogens is 1880 g/mol. The fraction of sp³-hybridized carbons (Fsp3) is 0.500. The minimum Gasteiger partial charge on any atom is -0.478 e. The van der Waals surface area contributed by atoms with Crippen LogP contribution in [0.3, 0.4) is 0 Å². The Labute approximate surface area is 832 Å². The number of sulfonamides is 2. The molecule has 38 heteroatoms. The summed E-state index contributed by atoms with van der Waals surface area (Å²) in [5.74, 6) is 0.482. The number of carbonyl (C=O) groups excluding carboxylic acids is 3. The predicted octanol–water partition coefficient (Wildman–Crippen LogP) is 10.6. The zero-order chi connectivity index (χ0) is 100. The number of nitrogens with two attached hydrogens (primary N) is 1. The molecule has 1 spiro atoms. The summed E-state index contributed by atoms with van der Waals surface area (Å²) >= 11 is 2.62. The molecule has 2 aliphatic carbocycles. The quantitative estimate of drug-likeness (QED) is 0.0167. The molecule has 760 valence electrons. The van der Waals surface area contributed by atoms with E-state index >= 15 is 0 Å². The van der Waals surface area contributed by atoms with Gasteiger partial charge < -0.3 is 70.8 Å². The molecule has 5 aliphatic heterocycles. The van der Waals surface area contributed by atoms with E-state index in [2.05, 4.69) is 180 Å². The maximum absolute atomic E-state index is 12.6. The lowest BCUT2D eigenvalue weighted by Gasteiger charge is -2.56. The normalized spacial score (nSPS) is 19.6. The van der Waals surface area contributed by atoms with Gasteiger partial charge in [-0.05, 0) is 175 Å². The minimum absolute atomic E-state index is 0.0280. The summed E-state index contributed by atoms with van der Waals surface area (Å²) in [5.41, 5.74) is 16.3. The number of rotatable bonds is 34. The molecule has 5 aromatic carbocycles. The van der Waals surface area contributed by atoms with E-state index in [4.69, 9.17) is 10.5 Å². The van der Waals surface area contributed by atoms with Gasteiger partial charge in [-0.1, -0.05) is 161 Å². The van der Waals surface area contributed by atoms with Crippen molar-refractivity contribution in [2.45, 2.75) is 215 Å². The van der Waals surface area contributed by atoms with Crippen molar-refractivity contribution >= 4 is 76.6 Å². The number of β-amino-alcohol motifs (C(OH)–C–C–N with tert-alkyl or cyclic N) is 1. The number of aliphatic hydroxyl groups is 4. The first-order valence-electron chi connectivity index (χ1n) is 48.9. The molecule has 0 bridgehead atoms. The third-order valence-corrected chi connectivity index (χ3v) is 34.0. The van der Waals surface area contributed by atoms with Gasteiger partial charge in [0.15, 0.2) is 0 Å². The van der Waals surface area contributed by atoms with Gasteiger partial charge in [0.1, 0.15) is 15.9 Å². The Morgan fingerprint density at radius 3 is 1.98 bits per heavy atom. The summed E-state index contributed by atoms with van der Waals surface area (Å²) in [6, 6.07) is 51.5. The summed E-state index contributed by atoms with van der Waals surface area (Å²) < 4.78 is 91.1. The molecule has 0 unspecified atom stereocenters. The number of ether oxygens (including phenoxy) is 1. The van der Waals surface area contributed by atoms with Crippen LogP contribution >= 0.6 is 22.7 Å². The van der Waals surface area contributed by atoms with Crippen LogP contribution in [0.5, 0.6) is 0 Å². The summed E-state index contributed by atoms with van der Waals surface area (Å²) in [4.78, 5) is 63.0. The smallest absolute Gasteiger partial charge is 0.338 e. The van der Waals surface area contributed by atoms with Gasteiger partial charge in [-0.2, -0.15) is 22.9 Å². The maximum atomic E-state index is 12.6. The number of fused-ring (bicyclic) bond motifs is 2. The molecule has 7 aliphatic rings. The number of aromatic carboxylic acids is 1. The number of amides is 3. The van der Waals surface area contributed by atoms with Crippen LogP contribution in [0.25, 0.3) is 22.4 Å². The molecule has 5 aromatic heterocycles. The second-order valence-electron chi connectivity index (χ2n) is 37.0. The number of aromatic amines is 1.